The van der Waals surface area contributed by atoms with E-state index in [9.17, 15) is 20.0 Å². The van der Waals surface area contributed by atoms with Crippen molar-refractivity contribution < 1.29 is 28.9 Å². The normalized spacial score (nSPS) is 22.7. The largest absolute Gasteiger partial charge is 0.481 e. The van der Waals surface area contributed by atoms with Crippen molar-refractivity contribution in [2.45, 2.75) is 82.6 Å². The third kappa shape index (κ3) is 7.15. The summed E-state index contributed by atoms with van der Waals surface area (Å²) in [6.45, 7) is 2.19. The maximum Gasteiger partial charge on any atom is 0.310 e. The Balaban J connectivity index is 1.01. The molecule has 3 aliphatic heterocycles. The average Bonchev–Trinajstić information content (AvgIpc) is 3.84. The molecule has 9 rings (SSSR count). The standard InChI is InChI=1S/C43H45ClN6O6/c1-54-39-25(21-46-22-27-10-14-38(51)47-27)9-12-36(48-39)32-7-3-6-30(34(32)20-45)29-5-4-8-33-31(29)11-13-37(33)56-41-35(44)19-26(40(49-41)55-2)23-50-24-43(42(52)53)17-15-28(50)16-18-43/h3-9,12,19,27-28,37,46H,10-11,13-18,21-24H2,1-2H3,(H,47,51)(H,52,53)/t27-,28?,37-,43?/m0/s1. The van der Waals surface area contributed by atoms with Gasteiger partial charge in [0.25, 0.3) is 0 Å². The molecule has 2 aromatic carbocycles. The quantitative estimate of drug-likeness (QED) is 0.134. The number of benzene rings is 2. The second-order valence-corrected chi connectivity index (χ2v) is 15.7. The van der Waals surface area contributed by atoms with E-state index in [1.54, 1.807) is 14.2 Å². The number of hydrogen-bond donors (Lipinski definition) is 3. The van der Waals surface area contributed by atoms with Crippen LogP contribution in [0.4, 0.5) is 0 Å². The molecule has 0 unspecified atom stereocenters. The van der Waals surface area contributed by atoms with Gasteiger partial charge in [-0.25, -0.2) is 4.98 Å². The molecule has 13 heteroatoms. The van der Waals surface area contributed by atoms with Crippen LogP contribution in [-0.4, -0.2) is 71.2 Å². The number of methoxy groups -OCH3 is 2. The van der Waals surface area contributed by atoms with Crippen LogP contribution in [0, 0.1) is 16.7 Å². The number of pyridine rings is 2. The number of aliphatic carboxylic acids is 1. The minimum atomic E-state index is -0.717. The number of carboxylic acids is 1. The Morgan fingerprint density at radius 1 is 0.982 bits per heavy atom. The number of halogens is 1. The summed E-state index contributed by atoms with van der Waals surface area (Å²) in [5.41, 5.74) is 6.72. The van der Waals surface area contributed by atoms with Crippen LogP contribution in [0.3, 0.4) is 0 Å². The second-order valence-electron chi connectivity index (χ2n) is 15.3. The predicted molar refractivity (Wildman–Crippen MR) is 209 cm³/mol. The number of aromatic nitrogens is 2. The van der Waals surface area contributed by atoms with E-state index in [-0.39, 0.29) is 23.9 Å². The topological polar surface area (TPSA) is 159 Å². The van der Waals surface area contributed by atoms with Crippen molar-refractivity contribution in [2.75, 3.05) is 27.3 Å². The maximum absolute atomic E-state index is 12.2. The van der Waals surface area contributed by atoms with Gasteiger partial charge >= 0.3 is 5.97 Å². The molecule has 2 aromatic heterocycles. The van der Waals surface area contributed by atoms with Gasteiger partial charge in [-0.3, -0.25) is 14.5 Å². The molecular formula is C43H45ClN6O6. The first-order chi connectivity index (χ1) is 27.2. The van der Waals surface area contributed by atoms with Gasteiger partial charge < -0.3 is 30.0 Å². The number of carboxylic acid groups (broad SMARTS) is 1. The summed E-state index contributed by atoms with van der Waals surface area (Å²) in [7, 11) is 3.16. The van der Waals surface area contributed by atoms with E-state index in [2.05, 4.69) is 27.7 Å². The lowest BCUT2D eigenvalue weighted by Gasteiger charge is -2.50. The minimum Gasteiger partial charge on any atom is -0.481 e. The number of nitrogens with zero attached hydrogens (tertiary/aromatic N) is 4. The fourth-order valence-corrected chi connectivity index (χ4v) is 9.35. The molecule has 5 heterocycles. The van der Waals surface area contributed by atoms with Gasteiger partial charge in [0, 0.05) is 66.9 Å². The van der Waals surface area contributed by atoms with Gasteiger partial charge in [0.2, 0.25) is 23.5 Å². The number of ether oxygens (including phenoxy) is 3. The van der Waals surface area contributed by atoms with E-state index in [0.717, 1.165) is 59.1 Å². The zero-order valence-electron chi connectivity index (χ0n) is 31.6. The molecule has 1 saturated carbocycles. The lowest BCUT2D eigenvalue weighted by Crippen LogP contribution is -2.56. The molecule has 2 aliphatic carbocycles. The highest BCUT2D eigenvalue weighted by Gasteiger charge is 2.49. The Morgan fingerprint density at radius 3 is 2.46 bits per heavy atom. The molecule has 4 fully saturated rings. The van der Waals surface area contributed by atoms with Crippen molar-refractivity contribution in [2.24, 2.45) is 5.41 Å². The summed E-state index contributed by atoms with van der Waals surface area (Å²) in [5.74, 6) is 0.532. The Hall–Kier alpha value is -5.22. The highest BCUT2D eigenvalue weighted by Crippen LogP contribution is 2.47. The van der Waals surface area contributed by atoms with Crippen LogP contribution in [0.5, 0.6) is 17.6 Å². The number of carbonyl (C=O) groups excluding carboxylic acids is 1. The van der Waals surface area contributed by atoms with Gasteiger partial charge in [-0.1, -0.05) is 54.1 Å². The number of amides is 1. The van der Waals surface area contributed by atoms with Gasteiger partial charge in [-0.2, -0.15) is 10.2 Å². The molecule has 3 N–H and O–H groups in total. The fourth-order valence-electron chi connectivity index (χ4n) is 9.13. The van der Waals surface area contributed by atoms with Crippen molar-refractivity contribution in [1.29, 1.82) is 5.26 Å². The van der Waals surface area contributed by atoms with E-state index in [1.807, 2.05) is 48.5 Å². The first-order valence-electron chi connectivity index (χ1n) is 19.3. The highest BCUT2D eigenvalue weighted by molar-refractivity contribution is 6.31. The fraction of sp³-hybridized carbons (Fsp3) is 0.419. The summed E-state index contributed by atoms with van der Waals surface area (Å²) >= 11 is 6.84. The van der Waals surface area contributed by atoms with Crippen LogP contribution in [0.1, 0.15) is 78.9 Å². The minimum absolute atomic E-state index is 0.0877. The van der Waals surface area contributed by atoms with E-state index in [1.165, 1.54) is 0 Å². The lowest BCUT2D eigenvalue weighted by molar-refractivity contribution is -0.160. The predicted octanol–water partition coefficient (Wildman–Crippen LogP) is 6.62. The summed E-state index contributed by atoms with van der Waals surface area (Å²) in [4.78, 5) is 35.5. The van der Waals surface area contributed by atoms with Gasteiger partial charge in [0.05, 0.1) is 30.9 Å². The van der Waals surface area contributed by atoms with Crippen LogP contribution in [0.15, 0.2) is 54.6 Å². The van der Waals surface area contributed by atoms with Gasteiger partial charge in [0.15, 0.2) is 0 Å². The third-order valence-electron chi connectivity index (χ3n) is 12.1. The number of rotatable bonds is 13. The van der Waals surface area contributed by atoms with Crippen molar-refractivity contribution in [3.63, 3.8) is 0 Å². The van der Waals surface area contributed by atoms with Crippen molar-refractivity contribution in [3.05, 3.63) is 87.4 Å². The summed E-state index contributed by atoms with van der Waals surface area (Å²) < 4.78 is 17.9. The summed E-state index contributed by atoms with van der Waals surface area (Å²) in [6, 6.07) is 20.5. The number of nitrogens with one attached hydrogen (secondary N) is 2. The van der Waals surface area contributed by atoms with E-state index < -0.39 is 11.4 Å². The monoisotopic (exact) mass is 776 g/mol. The SMILES string of the molecule is COc1nc(-c2cccc(-c3cccc4c3CC[C@@H]4Oc3nc(OC)c(CN4CC5(C(=O)O)CCC4CC5)cc3Cl)c2C#N)ccc1CNC[C@@H]1CCC(=O)N1. The Labute approximate surface area is 331 Å². The van der Waals surface area contributed by atoms with Crippen molar-refractivity contribution in [3.8, 4) is 46.1 Å². The highest BCUT2D eigenvalue weighted by atomic mass is 35.5. The average molecular weight is 777 g/mol. The number of hydrogen-bond acceptors (Lipinski definition) is 10. The van der Waals surface area contributed by atoms with Gasteiger partial charge in [-0.15, -0.1) is 0 Å². The van der Waals surface area contributed by atoms with E-state index in [0.29, 0.717) is 91.5 Å². The van der Waals surface area contributed by atoms with Crippen molar-refractivity contribution >= 4 is 23.5 Å². The molecule has 4 aromatic rings. The molecule has 2 bridgehead atoms. The third-order valence-corrected chi connectivity index (χ3v) is 12.3. The van der Waals surface area contributed by atoms with Crippen LogP contribution < -0.4 is 24.8 Å². The zero-order chi connectivity index (χ0) is 39.0. The lowest BCUT2D eigenvalue weighted by atomic mass is 9.67. The first-order valence-corrected chi connectivity index (χ1v) is 19.6. The number of carbonyl (C=O) groups is 2. The maximum atomic E-state index is 12.2. The molecule has 2 atom stereocenters. The van der Waals surface area contributed by atoms with Crippen LogP contribution in [-0.2, 0) is 29.1 Å². The number of fused-ring (bicyclic) bond motifs is 4. The molecule has 12 nitrogen and oxygen atoms in total. The van der Waals surface area contributed by atoms with Crippen LogP contribution >= 0.6 is 11.6 Å². The molecule has 0 radical (unpaired) electrons. The van der Waals surface area contributed by atoms with Crippen LogP contribution in [0.25, 0.3) is 22.4 Å². The van der Waals surface area contributed by atoms with Crippen LogP contribution in [0.2, 0.25) is 5.02 Å². The van der Waals surface area contributed by atoms with Crippen molar-refractivity contribution in [1.82, 2.24) is 25.5 Å². The summed E-state index contributed by atoms with van der Waals surface area (Å²) in [5, 5.41) is 27.3. The van der Waals surface area contributed by atoms with Gasteiger partial charge in [-0.05, 0) is 73.8 Å². The molecular weight excluding hydrogens is 732 g/mol. The molecule has 0 spiro atoms. The van der Waals surface area contributed by atoms with E-state index in [4.69, 9.17) is 35.8 Å². The number of piperidine rings is 2. The Morgan fingerprint density at radius 2 is 1.73 bits per heavy atom. The molecule has 56 heavy (non-hydrogen) atoms. The molecule has 1 amide bonds. The molecule has 3 saturated heterocycles. The first kappa shape index (κ1) is 37.7. The molecule has 5 aliphatic rings. The smallest absolute Gasteiger partial charge is 0.310 e. The Kier molecular flexibility index (Phi) is 10.6. The summed E-state index contributed by atoms with van der Waals surface area (Å²) in [6.07, 6.45) is 5.65. The number of nitriles is 1. The second kappa shape index (κ2) is 15.7. The Bertz CT molecular complexity index is 2220. The zero-order valence-corrected chi connectivity index (χ0v) is 32.3. The van der Waals surface area contributed by atoms with E-state index >= 15 is 0 Å². The molecule has 290 valence electrons. The van der Waals surface area contributed by atoms with Gasteiger partial charge in [0.1, 0.15) is 17.2 Å².